The molecule has 0 heterocycles. The van der Waals surface area contributed by atoms with Crippen LogP contribution in [0.25, 0.3) is 0 Å². The van der Waals surface area contributed by atoms with Gasteiger partial charge in [0, 0.05) is 10.9 Å². The molecular weight excluding hydrogens is 292 g/mol. The largest absolute Gasteiger partial charge is 0.543 e. The Morgan fingerprint density at radius 2 is 1.82 bits per heavy atom. The standard InChI is InChI=1S/C14H23BrOSi/c1-11-7-8-13(12(9-11)10-15)16-17(5,6)14(2,3)4/h7-9H,10H2,1-6H3. The smallest absolute Gasteiger partial charge is 0.250 e. The SMILES string of the molecule is Cc1ccc(O[Si](C)(C)C(C)(C)C)c(CBr)c1. The lowest BCUT2D eigenvalue weighted by Crippen LogP contribution is -2.44. The van der Waals surface area contributed by atoms with Gasteiger partial charge in [-0.1, -0.05) is 54.4 Å². The highest BCUT2D eigenvalue weighted by molar-refractivity contribution is 9.08. The topological polar surface area (TPSA) is 9.23 Å². The zero-order chi connectivity index (χ0) is 13.3. The summed E-state index contributed by atoms with van der Waals surface area (Å²) in [6.45, 7) is 13.5. The molecule has 0 aliphatic rings. The third-order valence-electron chi connectivity index (χ3n) is 3.53. The fourth-order valence-electron chi connectivity index (χ4n) is 1.34. The highest BCUT2D eigenvalue weighted by atomic mass is 79.9. The third-order valence-corrected chi connectivity index (χ3v) is 8.48. The number of benzene rings is 1. The number of aryl methyl sites for hydroxylation is 1. The van der Waals surface area contributed by atoms with E-state index >= 15 is 0 Å². The van der Waals surface area contributed by atoms with E-state index in [-0.39, 0.29) is 5.04 Å². The Labute approximate surface area is 115 Å². The normalized spacial score (nSPS) is 12.6. The highest BCUT2D eigenvalue weighted by Gasteiger charge is 2.39. The second-order valence-corrected chi connectivity index (χ2v) is 11.4. The van der Waals surface area contributed by atoms with E-state index in [1.165, 1.54) is 11.1 Å². The molecule has 0 saturated heterocycles. The van der Waals surface area contributed by atoms with Crippen LogP contribution in [0, 0.1) is 6.92 Å². The van der Waals surface area contributed by atoms with E-state index < -0.39 is 8.32 Å². The molecule has 0 unspecified atom stereocenters. The van der Waals surface area contributed by atoms with Crippen LogP contribution in [0.5, 0.6) is 5.75 Å². The van der Waals surface area contributed by atoms with E-state index in [0.717, 1.165) is 11.1 Å². The molecule has 0 aromatic heterocycles. The van der Waals surface area contributed by atoms with Crippen LogP contribution in [0.3, 0.4) is 0 Å². The number of halogens is 1. The molecule has 0 aliphatic carbocycles. The highest BCUT2D eigenvalue weighted by Crippen LogP contribution is 2.38. The first-order valence-electron chi connectivity index (χ1n) is 6.02. The molecule has 96 valence electrons. The van der Waals surface area contributed by atoms with E-state index in [1.807, 2.05) is 0 Å². The van der Waals surface area contributed by atoms with Crippen LogP contribution in [0.2, 0.25) is 18.1 Å². The van der Waals surface area contributed by atoms with Crippen LogP contribution in [0.15, 0.2) is 18.2 Å². The van der Waals surface area contributed by atoms with Crippen LogP contribution < -0.4 is 4.43 Å². The summed E-state index contributed by atoms with van der Waals surface area (Å²) >= 11 is 3.54. The minimum Gasteiger partial charge on any atom is -0.543 e. The number of rotatable bonds is 3. The molecule has 1 aromatic carbocycles. The molecule has 0 aliphatic heterocycles. The van der Waals surface area contributed by atoms with Crippen LogP contribution in [0.1, 0.15) is 31.9 Å². The maximum Gasteiger partial charge on any atom is 0.250 e. The van der Waals surface area contributed by atoms with Gasteiger partial charge >= 0.3 is 0 Å². The third kappa shape index (κ3) is 3.59. The molecule has 0 atom stereocenters. The minimum absolute atomic E-state index is 0.238. The lowest BCUT2D eigenvalue weighted by molar-refractivity contribution is 0.489. The Balaban J connectivity index is 3.03. The van der Waals surface area contributed by atoms with Crippen molar-refractivity contribution in [3.63, 3.8) is 0 Å². The fraction of sp³-hybridized carbons (Fsp3) is 0.571. The Hall–Kier alpha value is -0.283. The molecule has 0 radical (unpaired) electrons. The van der Waals surface area contributed by atoms with Gasteiger partial charge in [-0.05, 0) is 31.1 Å². The predicted molar refractivity (Wildman–Crippen MR) is 81.6 cm³/mol. The summed E-state index contributed by atoms with van der Waals surface area (Å²) in [4.78, 5) is 0. The lowest BCUT2D eigenvalue weighted by atomic mass is 10.1. The lowest BCUT2D eigenvalue weighted by Gasteiger charge is -2.37. The summed E-state index contributed by atoms with van der Waals surface area (Å²) in [6.07, 6.45) is 0. The summed E-state index contributed by atoms with van der Waals surface area (Å²) in [7, 11) is -1.73. The fourth-order valence-corrected chi connectivity index (χ4v) is 2.83. The number of hydrogen-bond donors (Lipinski definition) is 0. The van der Waals surface area contributed by atoms with Gasteiger partial charge in [-0.2, -0.15) is 0 Å². The van der Waals surface area contributed by atoms with Gasteiger partial charge < -0.3 is 4.43 Å². The van der Waals surface area contributed by atoms with Crippen molar-refractivity contribution >= 4 is 24.2 Å². The minimum atomic E-state index is -1.73. The van der Waals surface area contributed by atoms with Crippen LogP contribution in [0.4, 0.5) is 0 Å². The van der Waals surface area contributed by atoms with Gasteiger partial charge in [0.05, 0.1) is 0 Å². The summed E-state index contributed by atoms with van der Waals surface area (Å²) in [5, 5.41) is 1.08. The molecule has 0 fully saturated rings. The van der Waals surface area contributed by atoms with E-state index in [2.05, 4.69) is 74.9 Å². The maximum atomic E-state index is 6.35. The summed E-state index contributed by atoms with van der Waals surface area (Å²) in [6, 6.07) is 6.41. The second kappa shape index (κ2) is 5.15. The van der Waals surface area contributed by atoms with Gasteiger partial charge in [0.15, 0.2) is 0 Å². The first-order chi connectivity index (χ1) is 7.67. The van der Waals surface area contributed by atoms with Crippen molar-refractivity contribution in [3.05, 3.63) is 29.3 Å². The predicted octanol–water partition coefficient (Wildman–Crippen LogP) is 5.27. The summed E-state index contributed by atoms with van der Waals surface area (Å²) in [5.74, 6) is 1.04. The second-order valence-electron chi connectivity index (χ2n) is 6.11. The first-order valence-corrected chi connectivity index (χ1v) is 10.0. The van der Waals surface area contributed by atoms with Crippen LogP contribution in [-0.4, -0.2) is 8.32 Å². The maximum absolute atomic E-state index is 6.35. The number of alkyl halides is 1. The Kier molecular flexibility index (Phi) is 4.47. The van der Waals surface area contributed by atoms with Crippen LogP contribution in [-0.2, 0) is 5.33 Å². The zero-order valence-corrected chi connectivity index (χ0v) is 14.3. The van der Waals surface area contributed by atoms with Crippen molar-refractivity contribution in [3.8, 4) is 5.75 Å². The molecule has 0 saturated carbocycles. The van der Waals surface area contributed by atoms with Crippen molar-refractivity contribution in [1.82, 2.24) is 0 Å². The summed E-state index contributed by atoms with van der Waals surface area (Å²) in [5.41, 5.74) is 2.52. The molecule has 17 heavy (non-hydrogen) atoms. The Morgan fingerprint density at radius 3 is 2.29 bits per heavy atom. The average molecular weight is 315 g/mol. The quantitative estimate of drug-likeness (QED) is 0.545. The van der Waals surface area contributed by atoms with Crippen molar-refractivity contribution in [1.29, 1.82) is 0 Å². The van der Waals surface area contributed by atoms with E-state index in [1.54, 1.807) is 0 Å². The van der Waals surface area contributed by atoms with Crippen molar-refractivity contribution in [2.45, 2.75) is 51.2 Å². The molecule has 3 heteroatoms. The molecule has 0 bridgehead atoms. The average Bonchev–Trinajstić information content (AvgIpc) is 2.18. The molecular formula is C14H23BrOSi. The van der Waals surface area contributed by atoms with Crippen LogP contribution >= 0.6 is 15.9 Å². The van der Waals surface area contributed by atoms with Crippen molar-refractivity contribution in [2.75, 3.05) is 0 Å². The van der Waals surface area contributed by atoms with Gasteiger partial charge in [-0.25, -0.2) is 0 Å². The Bertz CT molecular complexity index is 394. The monoisotopic (exact) mass is 314 g/mol. The number of hydrogen-bond acceptors (Lipinski definition) is 1. The van der Waals surface area contributed by atoms with Crippen molar-refractivity contribution < 1.29 is 4.43 Å². The van der Waals surface area contributed by atoms with E-state index in [9.17, 15) is 0 Å². The molecule has 0 spiro atoms. The molecule has 1 nitrogen and oxygen atoms in total. The van der Waals surface area contributed by atoms with E-state index in [4.69, 9.17) is 4.43 Å². The Morgan fingerprint density at radius 1 is 1.24 bits per heavy atom. The summed E-state index contributed by atoms with van der Waals surface area (Å²) < 4.78 is 6.35. The molecule has 1 rings (SSSR count). The van der Waals surface area contributed by atoms with Gasteiger partial charge in [0.1, 0.15) is 5.75 Å². The molecule has 0 amide bonds. The molecule has 0 N–H and O–H groups in total. The zero-order valence-electron chi connectivity index (χ0n) is 11.7. The van der Waals surface area contributed by atoms with Gasteiger partial charge in [-0.3, -0.25) is 0 Å². The first kappa shape index (κ1) is 14.8. The molecule has 1 aromatic rings. The van der Waals surface area contributed by atoms with Crippen molar-refractivity contribution in [2.24, 2.45) is 0 Å². The van der Waals surface area contributed by atoms with Gasteiger partial charge in [0.2, 0.25) is 8.32 Å². The van der Waals surface area contributed by atoms with E-state index in [0.29, 0.717) is 0 Å². The van der Waals surface area contributed by atoms with Gasteiger partial charge in [-0.15, -0.1) is 0 Å². The van der Waals surface area contributed by atoms with Gasteiger partial charge in [0.25, 0.3) is 0 Å².